The number of methoxy groups -OCH3 is 1. The summed E-state index contributed by atoms with van der Waals surface area (Å²) < 4.78 is 36.9. The minimum Gasteiger partial charge on any atom is -0.494 e. The molecule has 8 nitrogen and oxygen atoms in total. The summed E-state index contributed by atoms with van der Waals surface area (Å²) in [6.07, 6.45) is 1.09. The maximum absolute atomic E-state index is 11.2. The van der Waals surface area contributed by atoms with Crippen LogP contribution < -0.4 is 10.1 Å². The molecule has 1 amide bonds. The third-order valence-corrected chi connectivity index (χ3v) is 2.18. The van der Waals surface area contributed by atoms with Crippen molar-refractivity contribution in [1.82, 2.24) is 0 Å². The predicted octanol–water partition coefficient (Wildman–Crippen LogP) is 1.71. The first-order valence-corrected chi connectivity index (χ1v) is 6.27. The topological polar surface area (TPSA) is 117 Å². The Bertz CT molecular complexity index is 624. The molecule has 0 spiro atoms. The minimum absolute atomic E-state index is 0.131. The number of benzene rings is 1. The highest BCUT2D eigenvalue weighted by Gasteiger charge is 2.07. The number of carbonyl (C=O) groups is 1. The van der Waals surface area contributed by atoms with E-state index < -0.39 is 16.2 Å². The molecule has 0 saturated heterocycles. The van der Waals surface area contributed by atoms with E-state index in [1.807, 2.05) is 0 Å². The van der Waals surface area contributed by atoms with E-state index in [4.69, 9.17) is 9.29 Å². The largest absolute Gasteiger partial charge is 0.494 e. The SMILES string of the molecule is C=CC(=O)Nc1ccc(/N=N/S(=O)(=O)O)cc1OC. The fraction of sp³-hybridized carbons (Fsp3) is 0.100. The Morgan fingerprint density at radius 3 is 2.74 bits per heavy atom. The number of hydrogen-bond donors (Lipinski definition) is 2. The summed E-state index contributed by atoms with van der Waals surface area (Å²) in [5.74, 6) is -0.174. The molecular weight excluding hydrogens is 274 g/mol. The maximum atomic E-state index is 11.2. The van der Waals surface area contributed by atoms with Crippen molar-refractivity contribution in [3.8, 4) is 5.75 Å². The fourth-order valence-electron chi connectivity index (χ4n) is 1.13. The van der Waals surface area contributed by atoms with Crippen LogP contribution in [0, 0.1) is 0 Å². The number of carbonyl (C=O) groups excluding carboxylic acids is 1. The van der Waals surface area contributed by atoms with E-state index in [-0.39, 0.29) is 11.4 Å². The molecule has 1 aromatic rings. The standard InChI is InChI=1S/C10H11N3O5S/c1-3-10(14)11-8-5-4-7(6-9(8)18-2)12-13-19(15,16)17/h3-6H,1H2,2H3,(H,11,14)(H,15,16,17)/b13-12+. The first kappa shape index (κ1) is 14.8. The van der Waals surface area contributed by atoms with Crippen molar-refractivity contribution in [2.75, 3.05) is 12.4 Å². The zero-order valence-corrected chi connectivity index (χ0v) is 10.7. The Hall–Kier alpha value is -2.26. The average Bonchev–Trinajstić information content (AvgIpc) is 2.36. The third-order valence-electron chi connectivity index (χ3n) is 1.89. The molecule has 0 saturated carbocycles. The van der Waals surface area contributed by atoms with E-state index in [0.717, 1.165) is 6.08 Å². The first-order chi connectivity index (χ1) is 8.85. The normalized spacial score (nSPS) is 11.3. The molecule has 0 atom stereocenters. The molecule has 2 N–H and O–H groups in total. The van der Waals surface area contributed by atoms with Gasteiger partial charge in [-0.25, -0.2) is 0 Å². The molecule has 19 heavy (non-hydrogen) atoms. The molecule has 102 valence electrons. The van der Waals surface area contributed by atoms with Gasteiger partial charge < -0.3 is 10.1 Å². The number of nitrogens with one attached hydrogen (secondary N) is 1. The van der Waals surface area contributed by atoms with E-state index in [1.165, 1.54) is 25.3 Å². The summed E-state index contributed by atoms with van der Waals surface area (Å²) in [5.41, 5.74) is 0.490. The summed E-state index contributed by atoms with van der Waals surface area (Å²) in [7, 11) is -3.18. The van der Waals surface area contributed by atoms with E-state index in [1.54, 1.807) is 0 Å². The minimum atomic E-state index is -4.54. The van der Waals surface area contributed by atoms with Gasteiger partial charge in [0.1, 0.15) is 5.75 Å². The molecule has 0 fully saturated rings. The van der Waals surface area contributed by atoms with Crippen molar-refractivity contribution in [3.05, 3.63) is 30.9 Å². The van der Waals surface area contributed by atoms with Gasteiger partial charge in [0.2, 0.25) is 5.91 Å². The van der Waals surface area contributed by atoms with Gasteiger partial charge >= 0.3 is 10.3 Å². The number of ether oxygens (including phenoxy) is 1. The lowest BCUT2D eigenvalue weighted by Crippen LogP contribution is -2.08. The van der Waals surface area contributed by atoms with Crippen molar-refractivity contribution in [1.29, 1.82) is 0 Å². The molecule has 0 bridgehead atoms. The van der Waals surface area contributed by atoms with Crippen molar-refractivity contribution in [2.45, 2.75) is 0 Å². The first-order valence-electron chi connectivity index (χ1n) is 4.87. The van der Waals surface area contributed by atoms with Crippen molar-refractivity contribution in [3.63, 3.8) is 0 Å². The van der Waals surface area contributed by atoms with Crippen molar-refractivity contribution in [2.24, 2.45) is 9.63 Å². The maximum Gasteiger partial charge on any atom is 0.396 e. The molecule has 0 heterocycles. The Morgan fingerprint density at radius 1 is 1.53 bits per heavy atom. The van der Waals surface area contributed by atoms with Gasteiger partial charge in [-0.2, -0.15) is 8.42 Å². The van der Waals surface area contributed by atoms with Gasteiger partial charge in [-0.3, -0.25) is 9.35 Å². The number of amides is 1. The number of rotatable bonds is 5. The summed E-state index contributed by atoms with van der Waals surface area (Å²) in [4.78, 5) is 11.2. The lowest BCUT2D eigenvalue weighted by Gasteiger charge is -2.08. The Kier molecular flexibility index (Phi) is 4.73. The van der Waals surface area contributed by atoms with Crippen LogP contribution in [0.2, 0.25) is 0 Å². The van der Waals surface area contributed by atoms with Crippen LogP contribution >= 0.6 is 0 Å². The summed E-state index contributed by atoms with van der Waals surface area (Å²) in [6, 6.07) is 4.17. The second-order valence-corrected chi connectivity index (χ2v) is 4.27. The highest BCUT2D eigenvalue weighted by molar-refractivity contribution is 7.84. The highest BCUT2D eigenvalue weighted by Crippen LogP contribution is 2.29. The van der Waals surface area contributed by atoms with Crippen LogP contribution in [0.15, 0.2) is 40.5 Å². The van der Waals surface area contributed by atoms with Gasteiger partial charge in [-0.15, -0.1) is 5.11 Å². The van der Waals surface area contributed by atoms with E-state index in [0.29, 0.717) is 5.69 Å². The molecular formula is C10H11N3O5S. The molecule has 9 heteroatoms. The van der Waals surface area contributed by atoms with E-state index in [9.17, 15) is 13.2 Å². The monoisotopic (exact) mass is 285 g/mol. The van der Waals surface area contributed by atoms with Gasteiger partial charge in [0, 0.05) is 6.07 Å². The number of hydrogen-bond acceptors (Lipinski definition) is 5. The van der Waals surface area contributed by atoms with Gasteiger partial charge in [0.05, 0.1) is 18.5 Å². The van der Waals surface area contributed by atoms with Crippen LogP contribution in [0.1, 0.15) is 0 Å². The molecule has 0 aliphatic heterocycles. The van der Waals surface area contributed by atoms with Crippen LogP contribution in [0.3, 0.4) is 0 Å². The van der Waals surface area contributed by atoms with Crippen LogP contribution in [0.4, 0.5) is 11.4 Å². The quantitative estimate of drug-likeness (QED) is 0.485. The Balaban J connectivity index is 3.05. The fourth-order valence-corrected chi connectivity index (χ4v) is 1.33. The van der Waals surface area contributed by atoms with Crippen LogP contribution in [-0.2, 0) is 15.1 Å². The summed E-state index contributed by atoms with van der Waals surface area (Å²) >= 11 is 0. The molecule has 0 aromatic heterocycles. The van der Waals surface area contributed by atoms with Crippen LogP contribution in [0.25, 0.3) is 0 Å². The zero-order valence-electron chi connectivity index (χ0n) is 9.90. The predicted molar refractivity (Wildman–Crippen MR) is 67.9 cm³/mol. The van der Waals surface area contributed by atoms with Crippen molar-refractivity contribution >= 4 is 27.6 Å². The second-order valence-electron chi connectivity index (χ2n) is 3.21. The Labute approximate surface area is 109 Å². The molecule has 0 radical (unpaired) electrons. The lowest BCUT2D eigenvalue weighted by atomic mass is 10.2. The van der Waals surface area contributed by atoms with Crippen LogP contribution in [0.5, 0.6) is 5.75 Å². The average molecular weight is 285 g/mol. The van der Waals surface area contributed by atoms with Gasteiger partial charge in [0.25, 0.3) is 0 Å². The molecule has 0 unspecified atom stereocenters. The third kappa shape index (κ3) is 4.85. The Morgan fingerprint density at radius 2 is 2.21 bits per heavy atom. The summed E-state index contributed by atoms with van der Waals surface area (Å²) in [6.45, 7) is 3.31. The molecule has 1 rings (SSSR count). The van der Waals surface area contributed by atoms with Gasteiger partial charge in [-0.05, 0) is 22.7 Å². The second kappa shape index (κ2) is 6.07. The molecule has 0 aliphatic carbocycles. The van der Waals surface area contributed by atoms with Crippen molar-refractivity contribution < 1.29 is 22.5 Å². The number of anilines is 1. The van der Waals surface area contributed by atoms with Gasteiger partial charge in [0.15, 0.2) is 0 Å². The zero-order chi connectivity index (χ0) is 14.5. The van der Waals surface area contributed by atoms with Crippen LogP contribution in [-0.4, -0.2) is 26.0 Å². The smallest absolute Gasteiger partial charge is 0.396 e. The molecule has 0 aliphatic rings. The van der Waals surface area contributed by atoms with Gasteiger partial charge in [-0.1, -0.05) is 6.58 Å². The summed E-state index contributed by atoms with van der Waals surface area (Å²) in [5, 5.41) is 5.79. The lowest BCUT2D eigenvalue weighted by molar-refractivity contribution is -0.111. The van der Waals surface area contributed by atoms with E-state index in [2.05, 4.69) is 21.5 Å². The molecule has 1 aromatic carbocycles. The highest BCUT2D eigenvalue weighted by atomic mass is 32.2. The number of nitrogens with zero attached hydrogens (tertiary/aromatic N) is 2. The van der Waals surface area contributed by atoms with E-state index >= 15 is 0 Å².